The second kappa shape index (κ2) is 12.4. The highest BCUT2D eigenvalue weighted by Crippen LogP contribution is 2.32. The quantitative estimate of drug-likeness (QED) is 0.231. The first kappa shape index (κ1) is 23.1. The van der Waals surface area contributed by atoms with Gasteiger partial charge >= 0.3 is 0 Å². The van der Waals surface area contributed by atoms with Crippen LogP contribution in [0, 0.1) is 5.82 Å². The van der Waals surface area contributed by atoms with Crippen LogP contribution in [-0.2, 0) is 6.42 Å². The number of nitrogens with one attached hydrogen (secondary N) is 2. The molecule has 0 aliphatic carbocycles. The highest BCUT2D eigenvalue weighted by molar-refractivity contribution is 14.0. The molecule has 0 spiro atoms. The van der Waals surface area contributed by atoms with Gasteiger partial charge in [0.2, 0.25) is 6.79 Å². The first-order chi connectivity index (χ1) is 13.7. The number of unbranched alkanes of at least 4 members (excludes halogenated alkanes) is 1. The van der Waals surface area contributed by atoms with Gasteiger partial charge in [0.25, 0.3) is 0 Å². The Hall–Kier alpha value is -2.23. The minimum absolute atomic E-state index is 0. The lowest BCUT2D eigenvalue weighted by molar-refractivity contribution is 0.174. The molecule has 1 heterocycles. The summed E-state index contributed by atoms with van der Waals surface area (Å²) in [7, 11) is 1.76. The standard InChI is InChI=1S/C21H26FN3O3.HI/c1-23-21(24-11-2-3-13-26-18-7-5-17(22)6-8-18)25-12-10-16-4-9-19-20(14-16)28-15-27-19;/h4-9,14H,2-3,10-13,15H2,1H3,(H2,23,24,25);1H. The van der Waals surface area contributed by atoms with Crippen LogP contribution in [0.15, 0.2) is 47.5 Å². The molecule has 0 amide bonds. The summed E-state index contributed by atoms with van der Waals surface area (Å²) in [6.45, 7) is 2.47. The van der Waals surface area contributed by atoms with E-state index in [2.05, 4.69) is 15.6 Å². The molecule has 0 atom stereocenters. The largest absolute Gasteiger partial charge is 0.494 e. The molecular weight excluding hydrogens is 488 g/mol. The van der Waals surface area contributed by atoms with E-state index in [4.69, 9.17) is 14.2 Å². The molecule has 1 aliphatic heterocycles. The van der Waals surface area contributed by atoms with Gasteiger partial charge in [-0.3, -0.25) is 4.99 Å². The highest BCUT2D eigenvalue weighted by Gasteiger charge is 2.12. The summed E-state index contributed by atoms with van der Waals surface area (Å²) < 4.78 is 29.1. The molecule has 6 nitrogen and oxygen atoms in total. The molecular formula is C21H27FIN3O3. The molecule has 0 radical (unpaired) electrons. The third kappa shape index (κ3) is 7.60. The topological polar surface area (TPSA) is 64.1 Å². The van der Waals surface area contributed by atoms with Crippen molar-refractivity contribution in [1.29, 1.82) is 0 Å². The van der Waals surface area contributed by atoms with Crippen molar-refractivity contribution in [2.24, 2.45) is 4.99 Å². The van der Waals surface area contributed by atoms with Gasteiger partial charge in [0.1, 0.15) is 11.6 Å². The van der Waals surface area contributed by atoms with Crippen molar-refractivity contribution in [3.8, 4) is 17.2 Å². The van der Waals surface area contributed by atoms with Gasteiger partial charge < -0.3 is 24.8 Å². The second-order valence-corrected chi connectivity index (χ2v) is 6.37. The molecule has 2 aromatic rings. The van der Waals surface area contributed by atoms with E-state index < -0.39 is 0 Å². The summed E-state index contributed by atoms with van der Waals surface area (Å²) >= 11 is 0. The average Bonchev–Trinajstić information content (AvgIpc) is 3.18. The summed E-state index contributed by atoms with van der Waals surface area (Å²) in [5, 5.41) is 6.60. The molecule has 158 valence electrons. The van der Waals surface area contributed by atoms with Gasteiger partial charge in [-0.05, 0) is 61.2 Å². The van der Waals surface area contributed by atoms with E-state index in [-0.39, 0.29) is 29.8 Å². The van der Waals surface area contributed by atoms with Crippen molar-refractivity contribution in [3.63, 3.8) is 0 Å². The molecule has 0 saturated carbocycles. The average molecular weight is 515 g/mol. The zero-order valence-electron chi connectivity index (χ0n) is 16.4. The van der Waals surface area contributed by atoms with Crippen molar-refractivity contribution in [3.05, 3.63) is 53.8 Å². The van der Waals surface area contributed by atoms with Crippen molar-refractivity contribution < 1.29 is 18.6 Å². The second-order valence-electron chi connectivity index (χ2n) is 6.37. The number of aliphatic imine (C=N–C) groups is 1. The van der Waals surface area contributed by atoms with Gasteiger partial charge in [-0.2, -0.15) is 0 Å². The van der Waals surface area contributed by atoms with Crippen LogP contribution >= 0.6 is 24.0 Å². The monoisotopic (exact) mass is 515 g/mol. The molecule has 0 aromatic heterocycles. The van der Waals surface area contributed by atoms with Crippen LogP contribution < -0.4 is 24.8 Å². The Morgan fingerprint density at radius 2 is 1.79 bits per heavy atom. The molecule has 0 fully saturated rings. The molecule has 3 rings (SSSR count). The first-order valence-corrected chi connectivity index (χ1v) is 9.46. The summed E-state index contributed by atoms with van der Waals surface area (Å²) in [6, 6.07) is 12.1. The van der Waals surface area contributed by atoms with Crippen LogP contribution in [0.5, 0.6) is 17.2 Å². The van der Waals surface area contributed by atoms with Crippen LogP contribution in [-0.4, -0.2) is 39.5 Å². The fourth-order valence-corrected chi connectivity index (χ4v) is 2.80. The number of guanidine groups is 1. The van der Waals surface area contributed by atoms with E-state index >= 15 is 0 Å². The van der Waals surface area contributed by atoms with Gasteiger partial charge in [0, 0.05) is 20.1 Å². The first-order valence-electron chi connectivity index (χ1n) is 9.46. The Labute approximate surface area is 187 Å². The van der Waals surface area contributed by atoms with E-state index in [9.17, 15) is 4.39 Å². The smallest absolute Gasteiger partial charge is 0.231 e. The zero-order chi connectivity index (χ0) is 19.6. The maximum atomic E-state index is 12.8. The van der Waals surface area contributed by atoms with Gasteiger partial charge in [0.15, 0.2) is 17.5 Å². The maximum Gasteiger partial charge on any atom is 0.231 e. The zero-order valence-corrected chi connectivity index (χ0v) is 18.8. The summed E-state index contributed by atoms with van der Waals surface area (Å²) in [5.41, 5.74) is 1.19. The van der Waals surface area contributed by atoms with E-state index in [0.29, 0.717) is 19.1 Å². The summed E-state index contributed by atoms with van der Waals surface area (Å²) in [6.07, 6.45) is 2.71. The van der Waals surface area contributed by atoms with Crippen molar-refractivity contribution in [2.45, 2.75) is 19.3 Å². The van der Waals surface area contributed by atoms with Crippen LogP contribution in [0.2, 0.25) is 0 Å². The molecule has 2 N–H and O–H groups in total. The number of hydrogen-bond donors (Lipinski definition) is 2. The Bertz CT molecular complexity index is 787. The lowest BCUT2D eigenvalue weighted by atomic mass is 10.1. The molecule has 8 heteroatoms. The van der Waals surface area contributed by atoms with E-state index in [1.54, 1.807) is 19.2 Å². The number of nitrogens with zero attached hydrogens (tertiary/aromatic N) is 1. The van der Waals surface area contributed by atoms with Crippen molar-refractivity contribution >= 4 is 29.9 Å². The third-order valence-corrected chi connectivity index (χ3v) is 4.31. The Morgan fingerprint density at radius 1 is 1.03 bits per heavy atom. The van der Waals surface area contributed by atoms with E-state index in [1.807, 2.05) is 18.2 Å². The van der Waals surface area contributed by atoms with E-state index in [0.717, 1.165) is 49.8 Å². The van der Waals surface area contributed by atoms with Crippen molar-refractivity contribution in [2.75, 3.05) is 33.5 Å². The minimum atomic E-state index is -0.256. The molecule has 0 bridgehead atoms. The lowest BCUT2D eigenvalue weighted by Gasteiger charge is -2.12. The molecule has 1 aliphatic rings. The number of hydrogen-bond acceptors (Lipinski definition) is 4. The number of fused-ring (bicyclic) bond motifs is 1. The minimum Gasteiger partial charge on any atom is -0.494 e. The highest BCUT2D eigenvalue weighted by atomic mass is 127. The molecule has 2 aromatic carbocycles. The number of rotatable bonds is 9. The van der Waals surface area contributed by atoms with Gasteiger partial charge in [-0.15, -0.1) is 24.0 Å². The van der Waals surface area contributed by atoms with Crippen LogP contribution in [0.4, 0.5) is 4.39 Å². The van der Waals surface area contributed by atoms with Crippen LogP contribution in [0.25, 0.3) is 0 Å². The molecule has 0 unspecified atom stereocenters. The van der Waals surface area contributed by atoms with E-state index in [1.165, 1.54) is 17.7 Å². The van der Waals surface area contributed by atoms with Gasteiger partial charge in [-0.1, -0.05) is 6.07 Å². The third-order valence-electron chi connectivity index (χ3n) is 4.31. The van der Waals surface area contributed by atoms with Crippen LogP contribution in [0.1, 0.15) is 18.4 Å². The normalized spacial score (nSPS) is 12.3. The summed E-state index contributed by atoms with van der Waals surface area (Å²) in [4.78, 5) is 4.23. The van der Waals surface area contributed by atoms with Crippen molar-refractivity contribution in [1.82, 2.24) is 10.6 Å². The van der Waals surface area contributed by atoms with Crippen LogP contribution in [0.3, 0.4) is 0 Å². The number of benzene rings is 2. The predicted molar refractivity (Wildman–Crippen MR) is 122 cm³/mol. The Kier molecular flexibility index (Phi) is 9.82. The SMILES string of the molecule is CN=C(NCCCCOc1ccc(F)cc1)NCCc1ccc2c(c1)OCO2.I. The lowest BCUT2D eigenvalue weighted by Crippen LogP contribution is -2.38. The Morgan fingerprint density at radius 3 is 2.59 bits per heavy atom. The molecule has 0 saturated heterocycles. The Balaban J connectivity index is 0.00000300. The van der Waals surface area contributed by atoms with Gasteiger partial charge in [0.05, 0.1) is 6.61 Å². The number of ether oxygens (including phenoxy) is 3. The van der Waals surface area contributed by atoms with Gasteiger partial charge in [-0.25, -0.2) is 4.39 Å². The predicted octanol–water partition coefficient (Wildman–Crippen LogP) is 3.74. The fraction of sp³-hybridized carbons (Fsp3) is 0.381. The summed E-state index contributed by atoms with van der Waals surface area (Å²) in [5.74, 6) is 2.82. The number of halogens is 2. The maximum absolute atomic E-state index is 12.8. The molecule has 29 heavy (non-hydrogen) atoms. The fourth-order valence-electron chi connectivity index (χ4n) is 2.80.